The van der Waals surface area contributed by atoms with Crippen LogP contribution < -0.4 is 9.47 Å². The lowest BCUT2D eigenvalue weighted by Crippen LogP contribution is -2.50. The molecule has 1 fully saturated rings. The third kappa shape index (κ3) is 5.80. The van der Waals surface area contributed by atoms with Gasteiger partial charge in [-0.1, -0.05) is 23.7 Å². The monoisotopic (exact) mass is 437 g/mol. The van der Waals surface area contributed by atoms with Gasteiger partial charge in [0.2, 0.25) is 5.82 Å². The molecule has 2 aromatic carbocycles. The van der Waals surface area contributed by atoms with Crippen LogP contribution >= 0.6 is 11.6 Å². The highest BCUT2D eigenvalue weighted by atomic mass is 35.5. The molecule has 0 unspecified atom stereocenters. The lowest BCUT2D eigenvalue weighted by atomic mass is 10.3. The van der Waals surface area contributed by atoms with Gasteiger partial charge in [0, 0.05) is 44.9 Å². The molecule has 0 aliphatic carbocycles. The zero-order valence-corrected chi connectivity index (χ0v) is 16.9. The minimum Gasteiger partial charge on any atom is -0.491 e. The van der Waals surface area contributed by atoms with Gasteiger partial charge in [0.25, 0.3) is 5.91 Å². The summed E-state index contributed by atoms with van der Waals surface area (Å²) in [6.45, 7) is 3.44. The zero-order chi connectivity index (χ0) is 21.5. The maximum atomic E-state index is 13.6. The number of ether oxygens (including phenoxy) is 2. The first-order valence-electron chi connectivity index (χ1n) is 9.38. The average molecular weight is 438 g/mol. The number of amides is 1. The molecule has 1 heterocycles. The van der Waals surface area contributed by atoms with Crippen molar-refractivity contribution < 1.29 is 23.6 Å². The van der Waals surface area contributed by atoms with Crippen LogP contribution in [0.2, 0.25) is 5.02 Å². The molecule has 0 spiro atoms. The highest BCUT2D eigenvalue weighted by molar-refractivity contribution is 6.32. The van der Waals surface area contributed by atoms with Crippen molar-refractivity contribution in [1.29, 1.82) is 0 Å². The number of carbonyl (C=O) groups is 1. The van der Waals surface area contributed by atoms with Gasteiger partial charge in [-0.15, -0.1) is 0 Å². The molecule has 1 amide bonds. The first-order chi connectivity index (χ1) is 14.4. The summed E-state index contributed by atoms with van der Waals surface area (Å²) in [7, 11) is 0. The lowest BCUT2D eigenvalue weighted by molar-refractivity contribution is -0.387. The van der Waals surface area contributed by atoms with E-state index in [1.807, 2.05) is 18.2 Å². The fourth-order valence-electron chi connectivity index (χ4n) is 3.03. The Labute approximate surface area is 177 Å². The first-order valence-corrected chi connectivity index (χ1v) is 9.76. The van der Waals surface area contributed by atoms with Crippen molar-refractivity contribution in [2.45, 2.75) is 0 Å². The van der Waals surface area contributed by atoms with Crippen LogP contribution in [0.5, 0.6) is 11.5 Å². The van der Waals surface area contributed by atoms with E-state index in [1.54, 1.807) is 11.0 Å². The average Bonchev–Trinajstić information content (AvgIpc) is 2.73. The van der Waals surface area contributed by atoms with Gasteiger partial charge in [-0.2, -0.15) is 4.39 Å². The van der Waals surface area contributed by atoms with E-state index < -0.39 is 16.4 Å². The number of benzene rings is 2. The molecule has 160 valence electrons. The summed E-state index contributed by atoms with van der Waals surface area (Å²) in [5.74, 6) is -0.507. The van der Waals surface area contributed by atoms with E-state index in [0.717, 1.165) is 12.1 Å². The van der Waals surface area contributed by atoms with Gasteiger partial charge in [-0.3, -0.25) is 19.8 Å². The van der Waals surface area contributed by atoms with Crippen LogP contribution in [0.25, 0.3) is 0 Å². The van der Waals surface area contributed by atoms with Crippen LogP contribution in [0, 0.1) is 15.9 Å². The largest absolute Gasteiger partial charge is 0.491 e. The summed E-state index contributed by atoms with van der Waals surface area (Å²) in [4.78, 5) is 26.0. The van der Waals surface area contributed by atoms with E-state index in [9.17, 15) is 19.3 Å². The summed E-state index contributed by atoms with van der Waals surface area (Å²) in [6, 6.07) is 10.5. The highest BCUT2D eigenvalue weighted by Gasteiger charge is 2.22. The van der Waals surface area contributed by atoms with Gasteiger partial charge in [-0.05, 0) is 18.2 Å². The van der Waals surface area contributed by atoms with E-state index >= 15 is 0 Å². The van der Waals surface area contributed by atoms with Crippen molar-refractivity contribution in [2.75, 3.05) is 45.9 Å². The number of hydrogen-bond donors (Lipinski definition) is 0. The summed E-state index contributed by atoms with van der Waals surface area (Å²) in [5, 5.41) is 11.2. The molecule has 10 heteroatoms. The molecule has 0 N–H and O–H groups in total. The Hall–Kier alpha value is -2.91. The molecule has 0 radical (unpaired) electrons. The number of carbonyl (C=O) groups excluding carboxylic acids is 1. The molecular formula is C20H21ClFN3O5. The fourth-order valence-corrected chi connectivity index (χ4v) is 3.22. The smallest absolute Gasteiger partial charge is 0.305 e. The minimum atomic E-state index is -1.00. The van der Waals surface area contributed by atoms with Gasteiger partial charge in [0.15, 0.2) is 6.61 Å². The predicted octanol–water partition coefficient (Wildman–Crippen LogP) is 2.99. The number of rotatable bonds is 8. The van der Waals surface area contributed by atoms with Gasteiger partial charge in [0.05, 0.1) is 9.95 Å². The Bertz CT molecular complexity index is 906. The number of para-hydroxylation sites is 1. The quantitative estimate of drug-likeness (QED) is 0.466. The molecule has 1 saturated heterocycles. The van der Waals surface area contributed by atoms with Crippen LogP contribution in [0.4, 0.5) is 10.1 Å². The number of halogens is 2. The third-order valence-corrected chi connectivity index (χ3v) is 5.02. The second kappa shape index (κ2) is 10.2. The Morgan fingerprint density at radius 3 is 2.53 bits per heavy atom. The van der Waals surface area contributed by atoms with Crippen LogP contribution in [0.3, 0.4) is 0 Å². The molecule has 3 rings (SSSR count). The maximum Gasteiger partial charge on any atom is 0.305 e. The van der Waals surface area contributed by atoms with Crippen molar-refractivity contribution in [3.8, 4) is 11.5 Å². The first kappa shape index (κ1) is 21.8. The Morgan fingerprint density at radius 2 is 1.87 bits per heavy atom. The van der Waals surface area contributed by atoms with Gasteiger partial charge in [-0.25, -0.2) is 0 Å². The third-order valence-electron chi connectivity index (χ3n) is 4.70. The van der Waals surface area contributed by atoms with E-state index in [2.05, 4.69) is 4.90 Å². The normalized spacial score (nSPS) is 14.4. The number of hydrogen-bond acceptors (Lipinski definition) is 6. The summed E-state index contributed by atoms with van der Waals surface area (Å²) < 4.78 is 24.6. The van der Waals surface area contributed by atoms with Crippen LogP contribution in [0.15, 0.2) is 42.5 Å². The molecule has 0 bridgehead atoms. The lowest BCUT2D eigenvalue weighted by Gasteiger charge is -2.34. The van der Waals surface area contributed by atoms with Crippen molar-refractivity contribution in [2.24, 2.45) is 0 Å². The van der Waals surface area contributed by atoms with Crippen molar-refractivity contribution >= 4 is 23.2 Å². The number of nitrogens with zero attached hydrogens (tertiary/aromatic N) is 3. The van der Waals surface area contributed by atoms with Gasteiger partial charge < -0.3 is 14.4 Å². The van der Waals surface area contributed by atoms with E-state index in [-0.39, 0.29) is 18.3 Å². The molecule has 30 heavy (non-hydrogen) atoms. The Balaban J connectivity index is 1.38. The maximum absolute atomic E-state index is 13.6. The summed E-state index contributed by atoms with van der Waals surface area (Å²) >= 11 is 6.06. The number of nitro benzene ring substituents is 1. The Morgan fingerprint density at radius 1 is 1.13 bits per heavy atom. The second-order valence-electron chi connectivity index (χ2n) is 6.66. The molecule has 8 nitrogen and oxygen atoms in total. The highest BCUT2D eigenvalue weighted by Crippen LogP contribution is 2.23. The van der Waals surface area contributed by atoms with Crippen LogP contribution in [0.1, 0.15) is 0 Å². The van der Waals surface area contributed by atoms with E-state index in [4.69, 9.17) is 21.1 Å². The topological polar surface area (TPSA) is 85.1 Å². The zero-order valence-electron chi connectivity index (χ0n) is 16.1. The van der Waals surface area contributed by atoms with Crippen molar-refractivity contribution in [1.82, 2.24) is 9.80 Å². The molecule has 0 atom stereocenters. The molecule has 0 saturated carbocycles. The molecular weight excluding hydrogens is 417 g/mol. The number of piperazine rings is 1. The minimum absolute atomic E-state index is 0.0711. The molecule has 1 aliphatic heterocycles. The van der Waals surface area contributed by atoms with Gasteiger partial charge >= 0.3 is 5.69 Å². The predicted molar refractivity (Wildman–Crippen MR) is 109 cm³/mol. The van der Waals surface area contributed by atoms with Crippen molar-refractivity contribution in [3.63, 3.8) is 0 Å². The van der Waals surface area contributed by atoms with Crippen molar-refractivity contribution in [3.05, 3.63) is 63.4 Å². The summed E-state index contributed by atoms with van der Waals surface area (Å²) in [5.41, 5.74) is -0.636. The van der Waals surface area contributed by atoms with Crippen LogP contribution in [-0.2, 0) is 4.79 Å². The fraction of sp³-hybridized carbons (Fsp3) is 0.350. The summed E-state index contributed by atoms with van der Waals surface area (Å²) in [6.07, 6.45) is 0. The SMILES string of the molecule is O=C(COc1ccc([N+](=O)[O-])c(F)c1)N1CCN(CCOc2ccccc2Cl)CC1. The molecule has 1 aliphatic rings. The molecule has 0 aromatic heterocycles. The standard InChI is InChI=1S/C20H21ClFN3O5/c21-16-3-1-2-4-19(16)29-12-11-23-7-9-24(10-8-23)20(26)14-30-15-5-6-18(25(27)28)17(22)13-15/h1-6,13H,7-12,14H2. The number of nitro groups is 1. The van der Waals surface area contributed by atoms with E-state index in [0.29, 0.717) is 50.1 Å². The molecule has 2 aromatic rings. The van der Waals surface area contributed by atoms with Crippen LogP contribution in [-0.4, -0.2) is 66.6 Å². The van der Waals surface area contributed by atoms with Gasteiger partial charge in [0.1, 0.15) is 18.1 Å². The Kier molecular flexibility index (Phi) is 7.42. The van der Waals surface area contributed by atoms with E-state index in [1.165, 1.54) is 6.07 Å². The second-order valence-corrected chi connectivity index (χ2v) is 7.07.